The molecule has 1 aromatic heterocycles. The summed E-state index contributed by atoms with van der Waals surface area (Å²) in [5.74, 6) is 0.800. The van der Waals surface area contributed by atoms with Crippen LogP contribution in [0, 0.1) is 0 Å². The first-order valence-corrected chi connectivity index (χ1v) is 7.46. The van der Waals surface area contributed by atoms with Crippen LogP contribution in [0.4, 0.5) is 5.69 Å². The molecular formula is C17H12N2O2S. The van der Waals surface area contributed by atoms with Gasteiger partial charge in [-0.05, 0) is 24.3 Å². The molecule has 0 saturated carbocycles. The van der Waals surface area contributed by atoms with Crippen molar-refractivity contribution in [2.75, 3.05) is 7.11 Å². The van der Waals surface area contributed by atoms with E-state index in [1.807, 2.05) is 47.8 Å². The third kappa shape index (κ3) is 2.96. The summed E-state index contributed by atoms with van der Waals surface area (Å²) >= 11 is 1.55. The summed E-state index contributed by atoms with van der Waals surface area (Å²) in [7, 11) is 1.64. The molecule has 0 N–H and O–H groups in total. The third-order valence-electron chi connectivity index (χ3n) is 3.14. The van der Waals surface area contributed by atoms with Gasteiger partial charge in [0.25, 0.3) is 0 Å². The highest BCUT2D eigenvalue weighted by Crippen LogP contribution is 2.31. The number of hydrogen-bond acceptors (Lipinski definition) is 5. The number of methoxy groups -OCH3 is 1. The van der Waals surface area contributed by atoms with E-state index in [0.29, 0.717) is 5.69 Å². The lowest BCUT2D eigenvalue weighted by Gasteiger charge is -2.01. The molecule has 0 atom stereocenters. The normalized spacial score (nSPS) is 10.0. The molecular weight excluding hydrogens is 296 g/mol. The number of hydrogen-bond donors (Lipinski definition) is 0. The van der Waals surface area contributed by atoms with Gasteiger partial charge in [0.1, 0.15) is 10.8 Å². The maximum absolute atomic E-state index is 10.4. The molecule has 0 saturated heterocycles. The van der Waals surface area contributed by atoms with Crippen LogP contribution in [0.3, 0.4) is 0 Å². The Morgan fingerprint density at radius 2 is 1.95 bits per heavy atom. The molecule has 0 aliphatic heterocycles. The maximum Gasteiger partial charge on any atom is 0.240 e. The Bertz CT molecular complexity index is 851. The minimum atomic E-state index is 0.575. The first-order chi connectivity index (χ1) is 10.8. The fourth-order valence-electron chi connectivity index (χ4n) is 2.08. The monoisotopic (exact) mass is 308 g/mol. The average Bonchev–Trinajstić information content (AvgIpc) is 3.06. The van der Waals surface area contributed by atoms with Gasteiger partial charge >= 0.3 is 0 Å². The summed E-state index contributed by atoms with van der Waals surface area (Å²) in [6.07, 6.45) is 1.55. The van der Waals surface area contributed by atoms with Gasteiger partial charge in [-0.15, -0.1) is 11.3 Å². The molecule has 5 heteroatoms. The Morgan fingerprint density at radius 3 is 2.77 bits per heavy atom. The molecule has 3 rings (SSSR count). The zero-order valence-corrected chi connectivity index (χ0v) is 12.6. The fraction of sp³-hybridized carbons (Fsp3) is 0.0588. The summed E-state index contributed by atoms with van der Waals surface area (Å²) in [5, 5.41) is 2.88. The topological polar surface area (TPSA) is 51.5 Å². The molecule has 3 aromatic rings. The molecule has 1 heterocycles. The molecule has 4 nitrogen and oxygen atoms in total. The van der Waals surface area contributed by atoms with Gasteiger partial charge in [-0.25, -0.2) is 9.78 Å². The van der Waals surface area contributed by atoms with Crippen LogP contribution in [0.1, 0.15) is 0 Å². The van der Waals surface area contributed by atoms with Gasteiger partial charge in [-0.1, -0.05) is 24.3 Å². The second-order valence-electron chi connectivity index (χ2n) is 4.52. The summed E-state index contributed by atoms with van der Waals surface area (Å²) in [5.41, 5.74) is 3.40. The second kappa shape index (κ2) is 6.35. The first-order valence-electron chi connectivity index (χ1n) is 6.58. The van der Waals surface area contributed by atoms with Crippen molar-refractivity contribution in [3.63, 3.8) is 0 Å². The molecule has 0 amide bonds. The minimum Gasteiger partial charge on any atom is -0.497 e. The standard InChI is InChI=1S/C17H12N2O2S/c1-21-15-7-3-4-12(9-15)16-10-22-17(19-16)13-5-2-6-14(8-13)18-11-20/h2-10H,1H3. The summed E-state index contributed by atoms with van der Waals surface area (Å²) < 4.78 is 5.24. The Balaban J connectivity index is 1.96. The SMILES string of the molecule is COc1cccc(-c2csc(-c3cccc(N=C=O)c3)n2)c1. The second-order valence-corrected chi connectivity index (χ2v) is 5.38. The van der Waals surface area contributed by atoms with Gasteiger partial charge in [0.05, 0.1) is 18.5 Å². The highest BCUT2D eigenvalue weighted by molar-refractivity contribution is 7.13. The number of benzene rings is 2. The molecule has 0 spiro atoms. The Kier molecular flexibility index (Phi) is 4.10. The molecule has 0 aliphatic rings. The number of rotatable bonds is 4. The van der Waals surface area contributed by atoms with Crippen molar-refractivity contribution in [1.82, 2.24) is 4.98 Å². The predicted octanol–water partition coefficient (Wildman–Crippen LogP) is 4.45. The van der Waals surface area contributed by atoms with Crippen molar-refractivity contribution < 1.29 is 9.53 Å². The van der Waals surface area contributed by atoms with Crippen molar-refractivity contribution >= 4 is 23.1 Å². The van der Waals surface area contributed by atoms with E-state index >= 15 is 0 Å². The molecule has 0 aliphatic carbocycles. The number of thiazole rings is 1. The van der Waals surface area contributed by atoms with Crippen molar-refractivity contribution in [3.8, 4) is 27.6 Å². The van der Waals surface area contributed by atoms with E-state index in [9.17, 15) is 4.79 Å². The number of nitrogens with zero attached hydrogens (tertiary/aromatic N) is 2. The smallest absolute Gasteiger partial charge is 0.240 e. The van der Waals surface area contributed by atoms with Gasteiger partial charge in [-0.3, -0.25) is 0 Å². The lowest BCUT2D eigenvalue weighted by Crippen LogP contribution is -1.84. The van der Waals surface area contributed by atoms with Gasteiger partial charge in [0.15, 0.2) is 0 Å². The number of carbonyl (C=O) groups excluding carboxylic acids is 1. The number of aromatic nitrogens is 1. The third-order valence-corrected chi connectivity index (χ3v) is 4.03. The van der Waals surface area contributed by atoms with E-state index in [4.69, 9.17) is 4.74 Å². The van der Waals surface area contributed by atoms with Crippen LogP contribution in [-0.4, -0.2) is 18.2 Å². The summed E-state index contributed by atoms with van der Waals surface area (Å²) in [4.78, 5) is 18.6. The van der Waals surface area contributed by atoms with Gasteiger partial charge in [0, 0.05) is 16.5 Å². The average molecular weight is 308 g/mol. The predicted molar refractivity (Wildman–Crippen MR) is 87.3 cm³/mol. The largest absolute Gasteiger partial charge is 0.497 e. The molecule has 2 aromatic carbocycles. The Morgan fingerprint density at radius 1 is 1.14 bits per heavy atom. The molecule has 0 unspecified atom stereocenters. The zero-order chi connectivity index (χ0) is 15.4. The maximum atomic E-state index is 10.4. The first kappa shape index (κ1) is 14.2. The summed E-state index contributed by atoms with van der Waals surface area (Å²) in [6.45, 7) is 0. The highest BCUT2D eigenvalue weighted by atomic mass is 32.1. The van der Waals surface area contributed by atoms with Crippen LogP contribution in [0.2, 0.25) is 0 Å². The van der Waals surface area contributed by atoms with Crippen molar-refractivity contribution in [2.45, 2.75) is 0 Å². The van der Waals surface area contributed by atoms with Crippen LogP contribution in [-0.2, 0) is 4.79 Å². The molecule has 0 radical (unpaired) electrons. The Labute approximate surface area is 131 Å². The van der Waals surface area contributed by atoms with Crippen molar-refractivity contribution in [1.29, 1.82) is 0 Å². The Hall–Kier alpha value is -2.75. The highest BCUT2D eigenvalue weighted by Gasteiger charge is 2.08. The molecule has 108 valence electrons. The van der Waals surface area contributed by atoms with E-state index in [1.54, 1.807) is 30.6 Å². The lowest BCUT2D eigenvalue weighted by molar-refractivity contribution is 0.415. The molecule has 0 fully saturated rings. The molecule has 22 heavy (non-hydrogen) atoms. The van der Waals surface area contributed by atoms with Crippen LogP contribution in [0.25, 0.3) is 21.8 Å². The minimum absolute atomic E-state index is 0.575. The van der Waals surface area contributed by atoms with E-state index in [-0.39, 0.29) is 0 Å². The van der Waals surface area contributed by atoms with Gasteiger partial charge < -0.3 is 4.74 Å². The quantitative estimate of drug-likeness (QED) is 0.528. The van der Waals surface area contributed by atoms with Gasteiger partial charge in [0.2, 0.25) is 6.08 Å². The van der Waals surface area contributed by atoms with Crippen LogP contribution in [0.5, 0.6) is 5.75 Å². The van der Waals surface area contributed by atoms with E-state index < -0.39 is 0 Å². The number of isocyanates is 1. The van der Waals surface area contributed by atoms with Crippen LogP contribution in [0.15, 0.2) is 58.9 Å². The van der Waals surface area contributed by atoms with Crippen molar-refractivity contribution in [2.24, 2.45) is 4.99 Å². The van der Waals surface area contributed by atoms with E-state index in [1.165, 1.54) is 0 Å². The van der Waals surface area contributed by atoms with Crippen LogP contribution < -0.4 is 4.74 Å². The lowest BCUT2D eigenvalue weighted by atomic mass is 10.1. The number of ether oxygens (including phenoxy) is 1. The zero-order valence-electron chi connectivity index (χ0n) is 11.8. The van der Waals surface area contributed by atoms with Crippen molar-refractivity contribution in [3.05, 3.63) is 53.9 Å². The van der Waals surface area contributed by atoms with Gasteiger partial charge in [-0.2, -0.15) is 4.99 Å². The summed E-state index contributed by atoms with van der Waals surface area (Å²) in [6, 6.07) is 15.1. The fourth-order valence-corrected chi connectivity index (χ4v) is 2.91. The number of aliphatic imine (C=N–C) groups is 1. The van der Waals surface area contributed by atoms with E-state index in [2.05, 4.69) is 9.98 Å². The van der Waals surface area contributed by atoms with Crippen LogP contribution >= 0.6 is 11.3 Å². The molecule has 0 bridgehead atoms. The van der Waals surface area contributed by atoms with E-state index in [0.717, 1.165) is 27.6 Å².